The summed E-state index contributed by atoms with van der Waals surface area (Å²) in [5.74, 6) is 0.699. The molecule has 0 fully saturated rings. The molecule has 18 heavy (non-hydrogen) atoms. The van der Waals surface area contributed by atoms with E-state index in [4.69, 9.17) is 4.74 Å². The van der Waals surface area contributed by atoms with Crippen LogP contribution in [-0.4, -0.2) is 17.1 Å². The molecule has 1 aromatic rings. The Morgan fingerprint density at radius 2 is 2.11 bits per heavy atom. The van der Waals surface area contributed by atoms with E-state index in [0.717, 1.165) is 49.8 Å². The van der Waals surface area contributed by atoms with Gasteiger partial charge in [0.25, 0.3) is 5.56 Å². The number of nitrogens with one attached hydrogen (secondary N) is 1. The van der Waals surface area contributed by atoms with E-state index in [1.165, 1.54) is 6.42 Å². The molecule has 1 heterocycles. The summed E-state index contributed by atoms with van der Waals surface area (Å²) in [6.45, 7) is 2.10. The summed E-state index contributed by atoms with van der Waals surface area (Å²) >= 11 is 0. The SMILES string of the molecule is CCCC(OC)c1nc2c(c(=O)[nH]1)CCCCC2. The Labute approximate surface area is 108 Å². The van der Waals surface area contributed by atoms with Gasteiger partial charge in [0.2, 0.25) is 0 Å². The molecule has 1 N–H and O–H groups in total. The van der Waals surface area contributed by atoms with Crippen LogP contribution in [0.5, 0.6) is 0 Å². The first-order valence-electron chi connectivity index (χ1n) is 6.91. The standard InChI is InChI=1S/C14H22N2O2/c1-3-7-12(18-2)13-15-11-9-6-4-5-8-10(11)14(17)16-13/h12H,3-9H2,1-2H3,(H,15,16,17). The summed E-state index contributed by atoms with van der Waals surface area (Å²) in [5, 5.41) is 0. The summed E-state index contributed by atoms with van der Waals surface area (Å²) in [7, 11) is 1.67. The Kier molecular flexibility index (Phi) is 4.53. The molecule has 0 radical (unpaired) electrons. The van der Waals surface area contributed by atoms with E-state index in [2.05, 4.69) is 16.9 Å². The second-order valence-corrected chi connectivity index (χ2v) is 4.95. The number of hydrogen-bond acceptors (Lipinski definition) is 3. The van der Waals surface area contributed by atoms with Gasteiger partial charge in [0.05, 0.1) is 5.69 Å². The molecule has 1 unspecified atom stereocenters. The van der Waals surface area contributed by atoms with Crippen molar-refractivity contribution in [1.82, 2.24) is 9.97 Å². The van der Waals surface area contributed by atoms with Crippen LogP contribution < -0.4 is 5.56 Å². The van der Waals surface area contributed by atoms with Gasteiger partial charge in [-0.15, -0.1) is 0 Å². The van der Waals surface area contributed by atoms with E-state index >= 15 is 0 Å². The Bertz CT molecular complexity index is 454. The largest absolute Gasteiger partial charge is 0.374 e. The Balaban J connectivity index is 2.36. The van der Waals surface area contributed by atoms with Crippen LogP contribution in [0.15, 0.2) is 4.79 Å². The van der Waals surface area contributed by atoms with Crippen molar-refractivity contribution in [2.75, 3.05) is 7.11 Å². The zero-order valence-corrected chi connectivity index (χ0v) is 11.3. The highest BCUT2D eigenvalue weighted by atomic mass is 16.5. The van der Waals surface area contributed by atoms with Gasteiger partial charge >= 0.3 is 0 Å². The Morgan fingerprint density at radius 1 is 1.33 bits per heavy atom. The molecule has 0 aliphatic heterocycles. The second-order valence-electron chi connectivity index (χ2n) is 4.95. The average Bonchev–Trinajstić information content (AvgIpc) is 2.61. The van der Waals surface area contributed by atoms with Crippen LogP contribution in [0.25, 0.3) is 0 Å². The molecule has 4 heteroatoms. The average molecular weight is 250 g/mol. The monoisotopic (exact) mass is 250 g/mol. The number of aromatic nitrogens is 2. The predicted molar refractivity (Wildman–Crippen MR) is 70.8 cm³/mol. The minimum atomic E-state index is -0.0868. The van der Waals surface area contributed by atoms with Gasteiger partial charge in [-0.1, -0.05) is 19.8 Å². The molecule has 0 saturated heterocycles. The third kappa shape index (κ3) is 2.80. The van der Waals surface area contributed by atoms with E-state index in [1.54, 1.807) is 7.11 Å². The maximum Gasteiger partial charge on any atom is 0.254 e. The van der Waals surface area contributed by atoms with Crippen molar-refractivity contribution < 1.29 is 4.74 Å². The van der Waals surface area contributed by atoms with Gasteiger partial charge in [-0.25, -0.2) is 4.98 Å². The Morgan fingerprint density at radius 3 is 2.83 bits per heavy atom. The molecule has 0 aromatic carbocycles. The smallest absolute Gasteiger partial charge is 0.254 e. The van der Waals surface area contributed by atoms with Gasteiger partial charge in [0, 0.05) is 12.7 Å². The van der Waals surface area contributed by atoms with Crippen molar-refractivity contribution in [3.63, 3.8) is 0 Å². The van der Waals surface area contributed by atoms with Crippen molar-refractivity contribution in [3.05, 3.63) is 27.4 Å². The second kappa shape index (κ2) is 6.14. The highest BCUT2D eigenvalue weighted by Crippen LogP contribution is 2.21. The van der Waals surface area contributed by atoms with Gasteiger partial charge in [0.1, 0.15) is 11.9 Å². The van der Waals surface area contributed by atoms with Gasteiger partial charge in [-0.2, -0.15) is 0 Å². The fourth-order valence-electron chi connectivity index (χ4n) is 2.58. The molecule has 0 spiro atoms. The molecule has 100 valence electrons. The highest BCUT2D eigenvalue weighted by molar-refractivity contribution is 5.20. The third-order valence-electron chi connectivity index (χ3n) is 3.60. The first kappa shape index (κ1) is 13.3. The number of H-pyrrole nitrogens is 1. The van der Waals surface area contributed by atoms with E-state index < -0.39 is 0 Å². The highest BCUT2D eigenvalue weighted by Gasteiger charge is 2.18. The minimum Gasteiger partial charge on any atom is -0.374 e. The molecule has 2 rings (SSSR count). The number of methoxy groups -OCH3 is 1. The lowest BCUT2D eigenvalue weighted by Crippen LogP contribution is -2.22. The summed E-state index contributed by atoms with van der Waals surface area (Å²) < 4.78 is 5.42. The van der Waals surface area contributed by atoms with Gasteiger partial charge in [-0.3, -0.25) is 4.79 Å². The summed E-state index contributed by atoms with van der Waals surface area (Å²) in [6.07, 6.45) is 7.02. The summed E-state index contributed by atoms with van der Waals surface area (Å²) in [6, 6.07) is 0. The number of fused-ring (bicyclic) bond motifs is 1. The minimum absolute atomic E-state index is 0.0371. The van der Waals surface area contributed by atoms with Gasteiger partial charge < -0.3 is 9.72 Å². The fourth-order valence-corrected chi connectivity index (χ4v) is 2.58. The number of ether oxygens (including phenoxy) is 1. The third-order valence-corrected chi connectivity index (χ3v) is 3.60. The van der Waals surface area contributed by atoms with Crippen LogP contribution >= 0.6 is 0 Å². The molecule has 1 aromatic heterocycles. The zero-order valence-electron chi connectivity index (χ0n) is 11.3. The lowest BCUT2D eigenvalue weighted by molar-refractivity contribution is 0.0871. The van der Waals surface area contributed by atoms with Crippen LogP contribution in [0.1, 0.15) is 62.2 Å². The van der Waals surface area contributed by atoms with Crippen molar-refractivity contribution in [1.29, 1.82) is 0 Å². The topological polar surface area (TPSA) is 55.0 Å². The molecule has 0 bridgehead atoms. The van der Waals surface area contributed by atoms with Crippen molar-refractivity contribution >= 4 is 0 Å². The first-order chi connectivity index (χ1) is 8.76. The first-order valence-corrected chi connectivity index (χ1v) is 6.91. The molecule has 0 saturated carbocycles. The number of rotatable bonds is 4. The quantitative estimate of drug-likeness (QED) is 0.835. The van der Waals surface area contributed by atoms with Crippen LogP contribution in [0.3, 0.4) is 0 Å². The maximum absolute atomic E-state index is 12.1. The van der Waals surface area contributed by atoms with E-state index in [9.17, 15) is 4.79 Å². The molecule has 1 aliphatic carbocycles. The lowest BCUT2D eigenvalue weighted by atomic mass is 10.1. The van der Waals surface area contributed by atoms with Crippen LogP contribution in [0, 0.1) is 0 Å². The van der Waals surface area contributed by atoms with Crippen molar-refractivity contribution in [2.45, 2.75) is 58.0 Å². The molecular weight excluding hydrogens is 228 g/mol. The molecular formula is C14H22N2O2. The fraction of sp³-hybridized carbons (Fsp3) is 0.714. The van der Waals surface area contributed by atoms with Crippen LogP contribution in [0.4, 0.5) is 0 Å². The van der Waals surface area contributed by atoms with E-state index in [-0.39, 0.29) is 11.7 Å². The zero-order chi connectivity index (χ0) is 13.0. The molecule has 4 nitrogen and oxygen atoms in total. The lowest BCUT2D eigenvalue weighted by Gasteiger charge is -2.15. The van der Waals surface area contributed by atoms with Crippen LogP contribution in [0.2, 0.25) is 0 Å². The number of aromatic amines is 1. The number of nitrogens with zero attached hydrogens (tertiary/aromatic N) is 1. The Hall–Kier alpha value is -1.16. The van der Waals surface area contributed by atoms with Crippen molar-refractivity contribution in [2.24, 2.45) is 0 Å². The molecule has 1 aliphatic rings. The molecule has 1 atom stereocenters. The predicted octanol–water partition coefficient (Wildman–Crippen LogP) is 2.53. The van der Waals surface area contributed by atoms with E-state index in [1.807, 2.05) is 0 Å². The summed E-state index contributed by atoms with van der Waals surface area (Å²) in [4.78, 5) is 19.7. The number of hydrogen-bond donors (Lipinski definition) is 1. The van der Waals surface area contributed by atoms with Gasteiger partial charge in [-0.05, 0) is 32.1 Å². The summed E-state index contributed by atoms with van der Waals surface area (Å²) in [5.41, 5.74) is 1.92. The van der Waals surface area contributed by atoms with Crippen molar-refractivity contribution in [3.8, 4) is 0 Å². The van der Waals surface area contributed by atoms with Gasteiger partial charge in [0.15, 0.2) is 0 Å². The number of aryl methyl sites for hydroxylation is 1. The normalized spacial score (nSPS) is 17.0. The van der Waals surface area contributed by atoms with Crippen LogP contribution in [-0.2, 0) is 17.6 Å². The molecule has 0 amide bonds. The maximum atomic E-state index is 12.1. The van der Waals surface area contributed by atoms with E-state index in [0.29, 0.717) is 5.82 Å².